The van der Waals surface area contributed by atoms with Gasteiger partial charge in [0.05, 0.1) is 0 Å². The topological polar surface area (TPSA) is 79.3 Å². The monoisotopic (exact) mass is 236 g/mol. The first-order valence-electron chi connectivity index (χ1n) is 5.44. The van der Waals surface area contributed by atoms with Gasteiger partial charge >= 0.3 is 5.97 Å². The van der Waals surface area contributed by atoms with Crippen molar-refractivity contribution in [3.05, 3.63) is 23.4 Å². The fourth-order valence-corrected chi connectivity index (χ4v) is 1.53. The van der Waals surface area contributed by atoms with Crippen LogP contribution in [0.15, 0.2) is 12.1 Å². The molecular weight excluding hydrogens is 220 g/mol. The maximum absolute atomic E-state index is 10.9. The van der Waals surface area contributed by atoms with Crippen LogP contribution in [0, 0.1) is 6.92 Å². The number of rotatable bonds is 5. The Bertz CT molecular complexity index is 430. The zero-order valence-corrected chi connectivity index (χ0v) is 9.99. The minimum Gasteiger partial charge on any atom is -0.481 e. The second-order valence-electron chi connectivity index (χ2n) is 3.95. The van der Waals surface area contributed by atoms with Gasteiger partial charge in [-0.1, -0.05) is 0 Å². The van der Waals surface area contributed by atoms with Crippen LogP contribution in [-0.4, -0.2) is 22.0 Å². The predicted octanol–water partition coefficient (Wildman–Crippen LogP) is 1.76. The average molecular weight is 236 g/mol. The lowest BCUT2D eigenvalue weighted by Gasteiger charge is -2.06. The Kier molecular flexibility index (Phi) is 4.63. The zero-order valence-electron chi connectivity index (χ0n) is 9.99. The summed E-state index contributed by atoms with van der Waals surface area (Å²) in [6.07, 6.45) is 1.27. The van der Waals surface area contributed by atoms with Crippen molar-refractivity contribution in [2.24, 2.45) is 0 Å². The van der Waals surface area contributed by atoms with Gasteiger partial charge in [-0.3, -0.25) is 9.59 Å². The van der Waals surface area contributed by atoms with Gasteiger partial charge in [-0.05, 0) is 37.5 Å². The first kappa shape index (κ1) is 13.2. The van der Waals surface area contributed by atoms with Gasteiger partial charge in [0.1, 0.15) is 5.82 Å². The molecule has 0 aliphatic carbocycles. The summed E-state index contributed by atoms with van der Waals surface area (Å²) in [5, 5.41) is 11.2. The van der Waals surface area contributed by atoms with Gasteiger partial charge in [-0.2, -0.15) is 0 Å². The molecule has 0 fully saturated rings. The molecule has 0 aromatic carbocycles. The van der Waals surface area contributed by atoms with E-state index < -0.39 is 5.97 Å². The molecule has 0 saturated heterocycles. The zero-order chi connectivity index (χ0) is 12.8. The Morgan fingerprint density at radius 3 is 2.71 bits per heavy atom. The number of carbonyl (C=O) groups is 2. The van der Waals surface area contributed by atoms with E-state index in [4.69, 9.17) is 5.11 Å². The molecule has 5 nitrogen and oxygen atoms in total. The molecule has 1 aromatic heterocycles. The molecule has 1 rings (SSSR count). The van der Waals surface area contributed by atoms with Crippen LogP contribution >= 0.6 is 0 Å². The molecule has 0 aliphatic rings. The summed E-state index contributed by atoms with van der Waals surface area (Å²) in [7, 11) is 0. The quantitative estimate of drug-likeness (QED) is 0.816. The molecule has 5 heteroatoms. The Hall–Kier alpha value is -1.91. The molecule has 0 spiro atoms. The number of carboxylic acid groups (broad SMARTS) is 1. The van der Waals surface area contributed by atoms with Crippen LogP contribution in [0.5, 0.6) is 0 Å². The second-order valence-corrected chi connectivity index (χ2v) is 3.95. The number of aliphatic carboxylic acids is 1. The van der Waals surface area contributed by atoms with Gasteiger partial charge in [0.15, 0.2) is 0 Å². The number of carbonyl (C=O) groups excluding carboxylic acids is 1. The second kappa shape index (κ2) is 5.98. The van der Waals surface area contributed by atoms with Crippen LogP contribution < -0.4 is 5.32 Å². The molecule has 0 bridgehead atoms. The lowest BCUT2D eigenvalue weighted by atomic mass is 10.1. The molecule has 1 heterocycles. The lowest BCUT2D eigenvalue weighted by Crippen LogP contribution is -2.09. The number of hydrogen-bond acceptors (Lipinski definition) is 3. The van der Waals surface area contributed by atoms with Gasteiger partial charge in [0.25, 0.3) is 0 Å². The number of carboxylic acids is 1. The third-order valence-corrected chi connectivity index (χ3v) is 2.15. The van der Waals surface area contributed by atoms with E-state index in [-0.39, 0.29) is 12.3 Å². The van der Waals surface area contributed by atoms with Gasteiger partial charge in [-0.25, -0.2) is 4.98 Å². The Morgan fingerprint density at radius 1 is 1.41 bits per heavy atom. The SMILES string of the molecule is CC(=O)Nc1cc(C)cc(CCCC(=O)O)n1. The van der Waals surface area contributed by atoms with Crippen LogP contribution in [0.2, 0.25) is 0 Å². The first-order valence-corrected chi connectivity index (χ1v) is 5.44. The third kappa shape index (κ3) is 5.10. The van der Waals surface area contributed by atoms with E-state index in [1.54, 1.807) is 6.07 Å². The molecule has 0 aliphatic heterocycles. The molecule has 1 amide bonds. The van der Waals surface area contributed by atoms with Crippen LogP contribution in [0.25, 0.3) is 0 Å². The van der Waals surface area contributed by atoms with Crippen molar-refractivity contribution in [3.63, 3.8) is 0 Å². The normalized spacial score (nSPS) is 10.0. The number of amides is 1. The van der Waals surface area contributed by atoms with Crippen molar-refractivity contribution >= 4 is 17.7 Å². The van der Waals surface area contributed by atoms with Crippen molar-refractivity contribution in [3.8, 4) is 0 Å². The molecule has 1 aromatic rings. The Morgan fingerprint density at radius 2 is 2.12 bits per heavy atom. The fraction of sp³-hybridized carbons (Fsp3) is 0.417. The summed E-state index contributed by atoms with van der Waals surface area (Å²) >= 11 is 0. The standard InChI is InChI=1S/C12H16N2O3/c1-8-6-10(4-3-5-12(16)17)14-11(7-8)13-9(2)15/h6-7H,3-5H2,1-2H3,(H,16,17)(H,13,14,15). The number of nitrogens with one attached hydrogen (secondary N) is 1. The smallest absolute Gasteiger partial charge is 0.303 e. The van der Waals surface area contributed by atoms with Crippen molar-refractivity contribution in [2.75, 3.05) is 5.32 Å². The molecule has 0 atom stereocenters. The molecule has 2 N–H and O–H groups in total. The van der Waals surface area contributed by atoms with Crippen molar-refractivity contribution in [2.45, 2.75) is 33.1 Å². The van der Waals surface area contributed by atoms with E-state index in [9.17, 15) is 9.59 Å². The predicted molar refractivity (Wildman–Crippen MR) is 63.9 cm³/mol. The Labute approximate surface area is 99.9 Å². The van der Waals surface area contributed by atoms with E-state index in [0.29, 0.717) is 18.7 Å². The maximum Gasteiger partial charge on any atom is 0.303 e. The highest BCUT2D eigenvalue weighted by Gasteiger charge is 2.03. The highest BCUT2D eigenvalue weighted by atomic mass is 16.4. The van der Waals surface area contributed by atoms with E-state index in [0.717, 1.165) is 11.3 Å². The minimum absolute atomic E-state index is 0.130. The van der Waals surface area contributed by atoms with Crippen molar-refractivity contribution < 1.29 is 14.7 Å². The molecular formula is C12H16N2O3. The summed E-state index contributed by atoms with van der Waals surface area (Å²) < 4.78 is 0. The van der Waals surface area contributed by atoms with Crippen LogP contribution in [0.4, 0.5) is 5.82 Å². The van der Waals surface area contributed by atoms with Crippen LogP contribution in [-0.2, 0) is 16.0 Å². The molecule has 17 heavy (non-hydrogen) atoms. The number of aryl methyl sites for hydroxylation is 2. The van der Waals surface area contributed by atoms with Gasteiger partial charge in [0, 0.05) is 19.0 Å². The van der Waals surface area contributed by atoms with Crippen LogP contribution in [0.1, 0.15) is 31.0 Å². The highest BCUT2D eigenvalue weighted by Crippen LogP contribution is 2.12. The van der Waals surface area contributed by atoms with Gasteiger partial charge < -0.3 is 10.4 Å². The van der Waals surface area contributed by atoms with E-state index in [1.165, 1.54) is 6.92 Å². The number of hydrogen-bond donors (Lipinski definition) is 2. The van der Waals surface area contributed by atoms with Crippen molar-refractivity contribution in [1.82, 2.24) is 4.98 Å². The number of aromatic nitrogens is 1. The highest BCUT2D eigenvalue weighted by molar-refractivity contribution is 5.87. The maximum atomic E-state index is 10.9. The summed E-state index contributed by atoms with van der Waals surface area (Å²) in [6.45, 7) is 3.34. The third-order valence-electron chi connectivity index (χ3n) is 2.15. The molecule has 92 valence electrons. The lowest BCUT2D eigenvalue weighted by molar-refractivity contribution is -0.137. The molecule has 0 saturated carbocycles. The first-order chi connectivity index (χ1) is 7.97. The summed E-state index contributed by atoms with van der Waals surface area (Å²) in [4.78, 5) is 25.5. The van der Waals surface area contributed by atoms with Crippen LogP contribution in [0.3, 0.4) is 0 Å². The summed E-state index contributed by atoms with van der Waals surface area (Å²) in [5.41, 5.74) is 1.80. The van der Waals surface area contributed by atoms with E-state index in [2.05, 4.69) is 10.3 Å². The number of pyridine rings is 1. The minimum atomic E-state index is -0.806. The summed E-state index contributed by atoms with van der Waals surface area (Å²) in [5.74, 6) is -0.456. The van der Waals surface area contributed by atoms with E-state index >= 15 is 0 Å². The largest absolute Gasteiger partial charge is 0.481 e. The number of nitrogens with zero attached hydrogens (tertiary/aromatic N) is 1. The van der Waals surface area contributed by atoms with Gasteiger partial charge in [-0.15, -0.1) is 0 Å². The molecule has 0 radical (unpaired) electrons. The Balaban J connectivity index is 2.68. The van der Waals surface area contributed by atoms with Crippen molar-refractivity contribution in [1.29, 1.82) is 0 Å². The number of anilines is 1. The van der Waals surface area contributed by atoms with E-state index in [1.807, 2.05) is 13.0 Å². The average Bonchev–Trinajstić information content (AvgIpc) is 2.14. The molecule has 0 unspecified atom stereocenters. The van der Waals surface area contributed by atoms with Gasteiger partial charge in [0.2, 0.25) is 5.91 Å². The summed E-state index contributed by atoms with van der Waals surface area (Å²) in [6, 6.07) is 3.68. The fourth-order valence-electron chi connectivity index (χ4n) is 1.53.